The zero-order valence-electron chi connectivity index (χ0n) is 15.5. The number of hydrogen-bond acceptors (Lipinski definition) is 4. The van der Waals surface area contributed by atoms with Crippen molar-refractivity contribution in [3.8, 4) is 5.75 Å². The molecule has 3 N–H and O–H groups in total. The minimum Gasteiger partial charge on any atom is -0.493 e. The van der Waals surface area contributed by atoms with Crippen LogP contribution in [-0.4, -0.2) is 30.4 Å². The number of hydrazine groups is 1. The first-order chi connectivity index (χ1) is 12.2. The number of carbonyl (C=O) groups excluding carboxylic acids is 3. The van der Waals surface area contributed by atoms with Crippen LogP contribution in [0.2, 0.25) is 5.02 Å². The molecule has 0 bridgehead atoms. The first kappa shape index (κ1) is 21.8. The Labute approximate surface area is 158 Å². The van der Waals surface area contributed by atoms with Gasteiger partial charge in [0.25, 0.3) is 5.91 Å². The summed E-state index contributed by atoms with van der Waals surface area (Å²) in [5.41, 5.74) is 5.60. The zero-order chi connectivity index (χ0) is 19.7. The smallest absolute Gasteiger partial charge is 0.261 e. The van der Waals surface area contributed by atoms with Crippen LogP contribution in [0, 0.1) is 12.8 Å². The summed E-state index contributed by atoms with van der Waals surface area (Å²) in [5.74, 6) is -0.485. The van der Waals surface area contributed by atoms with Gasteiger partial charge >= 0.3 is 0 Å². The molecule has 7 nitrogen and oxygen atoms in total. The molecule has 0 saturated heterocycles. The number of halogens is 1. The lowest BCUT2D eigenvalue weighted by atomic mass is 10.0. The number of aryl methyl sites for hydroxylation is 1. The van der Waals surface area contributed by atoms with E-state index in [2.05, 4.69) is 16.2 Å². The number of ether oxygens (including phenoxy) is 1. The topological polar surface area (TPSA) is 96.5 Å². The summed E-state index contributed by atoms with van der Waals surface area (Å²) in [6.07, 6.45) is 0.683. The lowest BCUT2D eigenvalue weighted by Gasteiger charge is -2.21. The fourth-order valence-electron chi connectivity index (χ4n) is 2.22. The monoisotopic (exact) mass is 383 g/mol. The average molecular weight is 384 g/mol. The van der Waals surface area contributed by atoms with E-state index in [0.717, 1.165) is 11.3 Å². The van der Waals surface area contributed by atoms with Gasteiger partial charge in [-0.2, -0.15) is 0 Å². The first-order valence-corrected chi connectivity index (χ1v) is 8.83. The van der Waals surface area contributed by atoms with Crippen molar-refractivity contribution in [1.29, 1.82) is 0 Å². The molecule has 0 aromatic heterocycles. The third kappa shape index (κ3) is 7.74. The van der Waals surface area contributed by atoms with E-state index < -0.39 is 11.9 Å². The van der Waals surface area contributed by atoms with Gasteiger partial charge in [-0.1, -0.05) is 25.4 Å². The lowest BCUT2D eigenvalue weighted by molar-refractivity contribution is -0.132. The van der Waals surface area contributed by atoms with Crippen LogP contribution in [0.3, 0.4) is 0 Å². The number of benzene rings is 1. The van der Waals surface area contributed by atoms with E-state index in [-0.39, 0.29) is 24.2 Å². The Kier molecular flexibility index (Phi) is 8.92. The average Bonchev–Trinajstić information content (AvgIpc) is 2.55. The Morgan fingerprint density at radius 2 is 1.88 bits per heavy atom. The Balaban J connectivity index is 2.31. The molecular weight excluding hydrogens is 358 g/mol. The summed E-state index contributed by atoms with van der Waals surface area (Å²) in [5, 5.41) is 3.19. The summed E-state index contributed by atoms with van der Waals surface area (Å²) in [4.78, 5) is 35.0. The van der Waals surface area contributed by atoms with E-state index in [4.69, 9.17) is 16.3 Å². The minimum absolute atomic E-state index is 0.105. The third-order valence-corrected chi connectivity index (χ3v) is 3.81. The molecule has 1 aromatic carbocycles. The highest BCUT2D eigenvalue weighted by atomic mass is 35.5. The molecule has 0 aliphatic rings. The second kappa shape index (κ2) is 10.7. The summed E-state index contributed by atoms with van der Waals surface area (Å²) >= 11 is 5.88. The highest BCUT2D eigenvalue weighted by Gasteiger charge is 2.23. The zero-order valence-corrected chi connectivity index (χ0v) is 16.3. The van der Waals surface area contributed by atoms with E-state index in [9.17, 15) is 14.4 Å². The predicted octanol–water partition coefficient (Wildman–Crippen LogP) is 2.12. The van der Waals surface area contributed by atoms with Gasteiger partial charge in [-0.3, -0.25) is 25.2 Å². The number of nitrogens with one attached hydrogen (secondary N) is 3. The van der Waals surface area contributed by atoms with Crippen molar-refractivity contribution in [2.45, 2.75) is 46.6 Å². The maximum Gasteiger partial charge on any atom is 0.261 e. The van der Waals surface area contributed by atoms with Crippen molar-refractivity contribution in [3.63, 3.8) is 0 Å². The molecule has 0 spiro atoms. The van der Waals surface area contributed by atoms with Crippen molar-refractivity contribution >= 4 is 29.3 Å². The molecule has 0 heterocycles. The molecule has 3 amide bonds. The maximum atomic E-state index is 12.0. The van der Waals surface area contributed by atoms with Crippen LogP contribution in [0.4, 0.5) is 0 Å². The van der Waals surface area contributed by atoms with Gasteiger partial charge in [-0.05, 0) is 43.0 Å². The molecule has 1 atom stereocenters. The lowest BCUT2D eigenvalue weighted by Crippen LogP contribution is -2.54. The quantitative estimate of drug-likeness (QED) is 0.473. The van der Waals surface area contributed by atoms with Crippen molar-refractivity contribution in [3.05, 3.63) is 28.8 Å². The van der Waals surface area contributed by atoms with E-state index >= 15 is 0 Å². The van der Waals surface area contributed by atoms with Crippen LogP contribution in [0.5, 0.6) is 5.75 Å². The van der Waals surface area contributed by atoms with Crippen LogP contribution in [0.15, 0.2) is 18.2 Å². The number of hydrogen-bond donors (Lipinski definition) is 3. The van der Waals surface area contributed by atoms with E-state index in [0.29, 0.717) is 18.1 Å². The molecule has 0 fully saturated rings. The molecule has 1 rings (SSSR count). The second-order valence-electron chi connectivity index (χ2n) is 6.32. The Bertz CT molecular complexity index is 649. The molecule has 1 aromatic rings. The molecule has 144 valence electrons. The SMILES string of the molecule is CC(=O)N[C@@H](C(=O)NNC(=O)CCCOc1ccc(Cl)cc1C)C(C)C. The molecule has 0 radical (unpaired) electrons. The summed E-state index contributed by atoms with van der Waals surface area (Å²) in [7, 11) is 0. The van der Waals surface area contributed by atoms with Gasteiger partial charge < -0.3 is 10.1 Å². The van der Waals surface area contributed by atoms with Gasteiger partial charge in [-0.15, -0.1) is 0 Å². The maximum absolute atomic E-state index is 12.0. The van der Waals surface area contributed by atoms with Crippen molar-refractivity contribution in [2.75, 3.05) is 6.61 Å². The van der Waals surface area contributed by atoms with Gasteiger partial charge in [0, 0.05) is 18.4 Å². The van der Waals surface area contributed by atoms with Crippen molar-refractivity contribution in [1.82, 2.24) is 16.2 Å². The number of amides is 3. The summed E-state index contributed by atoms with van der Waals surface area (Å²) < 4.78 is 5.61. The third-order valence-electron chi connectivity index (χ3n) is 3.58. The molecule has 8 heteroatoms. The Morgan fingerprint density at radius 3 is 2.46 bits per heavy atom. The highest BCUT2D eigenvalue weighted by Crippen LogP contribution is 2.21. The summed E-state index contributed by atoms with van der Waals surface area (Å²) in [6, 6.07) is 4.63. The molecule has 0 aliphatic heterocycles. The largest absolute Gasteiger partial charge is 0.493 e. The molecule has 0 unspecified atom stereocenters. The standard InChI is InChI=1S/C18H26ClN3O4/c1-11(2)17(20-13(4)23)18(25)22-21-16(24)6-5-9-26-15-8-7-14(19)10-12(15)3/h7-8,10-11,17H,5-6,9H2,1-4H3,(H,20,23)(H,21,24)(H,22,25)/t17-/m1/s1. The fraction of sp³-hybridized carbons (Fsp3) is 0.500. The number of rotatable bonds is 8. The van der Waals surface area contributed by atoms with Crippen LogP contribution in [0.25, 0.3) is 0 Å². The summed E-state index contributed by atoms with van der Waals surface area (Å²) in [6.45, 7) is 7.20. The molecule has 0 saturated carbocycles. The van der Waals surface area contributed by atoms with Crippen molar-refractivity contribution < 1.29 is 19.1 Å². The van der Waals surface area contributed by atoms with Gasteiger partial charge in [0.2, 0.25) is 11.8 Å². The number of carbonyl (C=O) groups is 3. The first-order valence-electron chi connectivity index (χ1n) is 8.45. The van der Waals surface area contributed by atoms with Gasteiger partial charge in [-0.25, -0.2) is 0 Å². The fourth-order valence-corrected chi connectivity index (χ4v) is 2.44. The molecule has 0 aliphatic carbocycles. The van der Waals surface area contributed by atoms with Gasteiger partial charge in [0.05, 0.1) is 6.61 Å². The van der Waals surface area contributed by atoms with Crippen LogP contribution in [-0.2, 0) is 14.4 Å². The van der Waals surface area contributed by atoms with Crippen LogP contribution >= 0.6 is 11.6 Å². The molecular formula is C18H26ClN3O4. The molecule has 26 heavy (non-hydrogen) atoms. The van der Waals surface area contributed by atoms with E-state index in [1.54, 1.807) is 32.0 Å². The highest BCUT2D eigenvalue weighted by molar-refractivity contribution is 6.30. The van der Waals surface area contributed by atoms with Crippen molar-refractivity contribution in [2.24, 2.45) is 5.92 Å². The Hall–Kier alpha value is -2.28. The van der Waals surface area contributed by atoms with E-state index in [1.807, 2.05) is 6.92 Å². The van der Waals surface area contributed by atoms with Gasteiger partial charge in [0.1, 0.15) is 11.8 Å². The van der Waals surface area contributed by atoms with Crippen LogP contribution in [0.1, 0.15) is 39.2 Å². The predicted molar refractivity (Wildman–Crippen MR) is 99.6 cm³/mol. The Morgan fingerprint density at radius 1 is 1.19 bits per heavy atom. The van der Waals surface area contributed by atoms with Gasteiger partial charge in [0.15, 0.2) is 0 Å². The second-order valence-corrected chi connectivity index (χ2v) is 6.76. The minimum atomic E-state index is -0.705. The van der Waals surface area contributed by atoms with E-state index in [1.165, 1.54) is 6.92 Å². The van der Waals surface area contributed by atoms with Crippen LogP contribution < -0.4 is 20.9 Å². The normalized spacial score (nSPS) is 11.6.